The summed E-state index contributed by atoms with van der Waals surface area (Å²) in [6, 6.07) is 14.9. The van der Waals surface area contributed by atoms with E-state index in [9.17, 15) is 4.79 Å². The quantitative estimate of drug-likeness (QED) is 0.764. The minimum absolute atomic E-state index is 0.000275. The first-order valence-electron chi connectivity index (χ1n) is 9.03. The second-order valence-electron chi connectivity index (χ2n) is 6.92. The van der Waals surface area contributed by atoms with Crippen molar-refractivity contribution in [3.8, 4) is 0 Å². The van der Waals surface area contributed by atoms with Gasteiger partial charge in [0, 0.05) is 48.6 Å². The number of ketones is 1. The zero-order chi connectivity index (χ0) is 18.0. The summed E-state index contributed by atoms with van der Waals surface area (Å²) in [5, 5.41) is 0.575. The maximum Gasteiger partial charge on any atom is 0.193 e. The SMILES string of the molecule is O=C(c1cccc(Cl)c1)c1cccc(CN2CCC3(CC2)OCCO3)c1. The van der Waals surface area contributed by atoms with Crippen LogP contribution in [0.1, 0.15) is 34.3 Å². The largest absolute Gasteiger partial charge is 0.347 e. The fourth-order valence-corrected chi connectivity index (χ4v) is 3.89. The van der Waals surface area contributed by atoms with E-state index in [-0.39, 0.29) is 11.6 Å². The average Bonchev–Trinajstić information content (AvgIpc) is 3.12. The van der Waals surface area contributed by atoms with Gasteiger partial charge in [-0.1, -0.05) is 41.9 Å². The molecule has 1 spiro atoms. The van der Waals surface area contributed by atoms with E-state index in [1.165, 1.54) is 0 Å². The van der Waals surface area contributed by atoms with E-state index in [4.69, 9.17) is 21.1 Å². The van der Waals surface area contributed by atoms with Gasteiger partial charge in [0.2, 0.25) is 0 Å². The molecule has 0 radical (unpaired) electrons. The van der Waals surface area contributed by atoms with E-state index >= 15 is 0 Å². The molecule has 4 nitrogen and oxygen atoms in total. The molecular weight excluding hydrogens is 350 g/mol. The number of carbonyl (C=O) groups excluding carboxylic acids is 1. The maximum atomic E-state index is 12.7. The van der Waals surface area contributed by atoms with Crippen molar-refractivity contribution < 1.29 is 14.3 Å². The van der Waals surface area contributed by atoms with Crippen molar-refractivity contribution in [1.29, 1.82) is 0 Å². The molecule has 0 unspecified atom stereocenters. The normalized spacial score (nSPS) is 19.7. The molecule has 0 amide bonds. The summed E-state index contributed by atoms with van der Waals surface area (Å²) < 4.78 is 11.6. The second kappa shape index (κ2) is 7.49. The van der Waals surface area contributed by atoms with Crippen LogP contribution in [0.25, 0.3) is 0 Å². The highest BCUT2D eigenvalue weighted by atomic mass is 35.5. The third kappa shape index (κ3) is 3.84. The van der Waals surface area contributed by atoms with Gasteiger partial charge in [0.05, 0.1) is 13.2 Å². The molecule has 0 saturated carbocycles. The molecule has 0 aliphatic carbocycles. The van der Waals surface area contributed by atoms with E-state index in [1.54, 1.807) is 24.3 Å². The van der Waals surface area contributed by atoms with Crippen LogP contribution >= 0.6 is 11.6 Å². The molecule has 2 saturated heterocycles. The van der Waals surface area contributed by atoms with Crippen LogP contribution in [0.5, 0.6) is 0 Å². The summed E-state index contributed by atoms with van der Waals surface area (Å²) in [5.74, 6) is -0.347. The Kier molecular flexibility index (Phi) is 5.09. The Bertz CT molecular complexity index is 791. The van der Waals surface area contributed by atoms with Gasteiger partial charge >= 0.3 is 0 Å². The molecular formula is C21H22ClNO3. The monoisotopic (exact) mass is 371 g/mol. The number of benzene rings is 2. The number of rotatable bonds is 4. The lowest BCUT2D eigenvalue weighted by Gasteiger charge is -2.37. The fraction of sp³-hybridized carbons (Fsp3) is 0.381. The van der Waals surface area contributed by atoms with Gasteiger partial charge in [-0.25, -0.2) is 0 Å². The summed E-state index contributed by atoms with van der Waals surface area (Å²) >= 11 is 6.01. The van der Waals surface area contributed by atoms with Gasteiger partial charge in [0.15, 0.2) is 11.6 Å². The van der Waals surface area contributed by atoms with Crippen molar-refractivity contribution in [2.24, 2.45) is 0 Å². The predicted octanol–water partition coefficient (Wildman–Crippen LogP) is 3.91. The molecule has 0 atom stereocenters. The molecule has 2 heterocycles. The maximum absolute atomic E-state index is 12.7. The van der Waals surface area contributed by atoms with E-state index in [2.05, 4.69) is 11.0 Å². The van der Waals surface area contributed by atoms with Crippen LogP contribution in [0, 0.1) is 0 Å². The number of ether oxygens (including phenoxy) is 2. The molecule has 136 valence electrons. The van der Waals surface area contributed by atoms with Gasteiger partial charge in [-0.15, -0.1) is 0 Å². The van der Waals surface area contributed by atoms with E-state index in [0.29, 0.717) is 29.4 Å². The van der Waals surface area contributed by atoms with Crippen molar-refractivity contribution >= 4 is 17.4 Å². The highest BCUT2D eigenvalue weighted by molar-refractivity contribution is 6.31. The average molecular weight is 372 g/mol. The van der Waals surface area contributed by atoms with Crippen LogP contribution in [-0.2, 0) is 16.0 Å². The van der Waals surface area contributed by atoms with Crippen LogP contribution in [0.15, 0.2) is 48.5 Å². The van der Waals surface area contributed by atoms with Crippen LogP contribution in [0.3, 0.4) is 0 Å². The van der Waals surface area contributed by atoms with Crippen molar-refractivity contribution in [3.63, 3.8) is 0 Å². The number of likely N-dealkylation sites (tertiary alicyclic amines) is 1. The van der Waals surface area contributed by atoms with E-state index in [1.807, 2.05) is 18.2 Å². The highest BCUT2D eigenvalue weighted by Gasteiger charge is 2.39. The molecule has 0 bridgehead atoms. The molecule has 4 rings (SSSR count). The molecule has 2 aliphatic rings. The Labute approximate surface area is 158 Å². The smallest absolute Gasteiger partial charge is 0.193 e. The van der Waals surface area contributed by atoms with Crippen molar-refractivity contribution in [1.82, 2.24) is 4.90 Å². The molecule has 2 aromatic rings. The summed E-state index contributed by atoms with van der Waals surface area (Å²) in [4.78, 5) is 15.1. The molecule has 26 heavy (non-hydrogen) atoms. The number of piperidine rings is 1. The van der Waals surface area contributed by atoms with Gasteiger partial charge in [-0.3, -0.25) is 9.69 Å². The van der Waals surface area contributed by atoms with Crippen molar-refractivity contribution in [2.45, 2.75) is 25.2 Å². The number of nitrogens with zero attached hydrogens (tertiary/aromatic N) is 1. The minimum Gasteiger partial charge on any atom is -0.347 e. The molecule has 0 aromatic heterocycles. The third-order valence-electron chi connectivity index (χ3n) is 5.11. The van der Waals surface area contributed by atoms with E-state index in [0.717, 1.165) is 38.0 Å². The standard InChI is InChI=1S/C21H22ClNO3/c22-19-6-2-5-18(14-19)20(24)17-4-1-3-16(13-17)15-23-9-7-21(8-10-23)25-11-12-26-21/h1-6,13-14H,7-12,15H2. The van der Waals surface area contributed by atoms with Crippen LogP contribution in [0.2, 0.25) is 5.02 Å². The lowest BCUT2D eigenvalue weighted by atomic mass is 10.00. The number of hydrogen-bond donors (Lipinski definition) is 0. The summed E-state index contributed by atoms with van der Waals surface area (Å²) in [6.45, 7) is 4.10. The Balaban J connectivity index is 1.42. The first-order chi connectivity index (χ1) is 12.6. The zero-order valence-electron chi connectivity index (χ0n) is 14.6. The lowest BCUT2D eigenvalue weighted by molar-refractivity contribution is -0.185. The first kappa shape index (κ1) is 17.7. The minimum atomic E-state index is -0.346. The van der Waals surface area contributed by atoms with Gasteiger partial charge < -0.3 is 9.47 Å². The van der Waals surface area contributed by atoms with E-state index < -0.39 is 0 Å². The van der Waals surface area contributed by atoms with Crippen LogP contribution < -0.4 is 0 Å². The number of hydrogen-bond acceptors (Lipinski definition) is 4. The fourth-order valence-electron chi connectivity index (χ4n) is 3.70. The summed E-state index contributed by atoms with van der Waals surface area (Å²) in [7, 11) is 0. The number of halogens is 1. The Morgan fingerprint density at radius 2 is 1.65 bits per heavy atom. The van der Waals surface area contributed by atoms with Gasteiger partial charge in [-0.05, 0) is 23.8 Å². The summed E-state index contributed by atoms with van der Waals surface area (Å²) in [5.41, 5.74) is 2.45. The van der Waals surface area contributed by atoms with Gasteiger partial charge in [0.25, 0.3) is 0 Å². The van der Waals surface area contributed by atoms with Crippen molar-refractivity contribution in [2.75, 3.05) is 26.3 Å². The Morgan fingerprint density at radius 1 is 1.00 bits per heavy atom. The molecule has 0 N–H and O–H groups in total. The molecule has 5 heteroatoms. The summed E-state index contributed by atoms with van der Waals surface area (Å²) in [6.07, 6.45) is 1.79. The molecule has 2 fully saturated rings. The lowest BCUT2D eigenvalue weighted by Crippen LogP contribution is -2.44. The molecule has 2 aliphatic heterocycles. The zero-order valence-corrected chi connectivity index (χ0v) is 15.4. The number of carbonyl (C=O) groups is 1. The van der Waals surface area contributed by atoms with Gasteiger partial charge in [0.1, 0.15) is 0 Å². The van der Waals surface area contributed by atoms with Crippen LogP contribution in [0.4, 0.5) is 0 Å². The Hall–Kier alpha value is -1.72. The Morgan fingerprint density at radius 3 is 2.35 bits per heavy atom. The van der Waals surface area contributed by atoms with Gasteiger partial charge in [-0.2, -0.15) is 0 Å². The van der Waals surface area contributed by atoms with Crippen molar-refractivity contribution in [3.05, 3.63) is 70.2 Å². The third-order valence-corrected chi connectivity index (χ3v) is 5.35. The second-order valence-corrected chi connectivity index (χ2v) is 7.36. The van der Waals surface area contributed by atoms with Crippen LogP contribution in [-0.4, -0.2) is 42.8 Å². The first-order valence-corrected chi connectivity index (χ1v) is 9.41. The predicted molar refractivity (Wildman–Crippen MR) is 100 cm³/mol. The topological polar surface area (TPSA) is 38.8 Å². The highest BCUT2D eigenvalue weighted by Crippen LogP contribution is 2.31. The molecule has 2 aromatic carbocycles.